The fourth-order valence-electron chi connectivity index (χ4n) is 8.86. The van der Waals surface area contributed by atoms with Gasteiger partial charge in [0.15, 0.2) is 18.3 Å². The Morgan fingerprint density at radius 3 is 2.04 bits per heavy atom. The number of rotatable bonds is 48. The summed E-state index contributed by atoms with van der Waals surface area (Å²) < 4.78 is 90.1. The standard InChI is InChI=1S/C50H74N10O19S2.C9H17N2O4.Gd.H2O/c1-32(2)60(79-30-44(63)64)29-43(62)57-40(31-80(70,71)72)48(67)52-13-8-17-76-20-22-77-21-19-75-16-7-12-51-42(61)9-6-18-78-36-23-33(3)46(34(4)24-36)81(73,74)58-39(49(68)69)27-55-47(66)38-28-59(5)41-25-35(10-11-37(41)45(38)65)26-56-50-53-14-15-54-50;1-10-3-4-11(5-8(13)7-12)6-9(14)15-2;;/h10-11,14-15,23-25,28,32,39-40,43,57-58,62H,6-9,12-13,16-22,26-27,29-31H2,1-5H3,(H,51,61)(H,52,67)(H,55,66)(H,63,64)(H,68,69)(H2,53,54,56)(H,70,71,72);12H,3-7H2,1-2H3;;1H2/q;-1;;/t39?,40-,43?;;;/m0.../s1. The summed E-state index contributed by atoms with van der Waals surface area (Å²) in [7, 11) is -4.50. The summed E-state index contributed by atoms with van der Waals surface area (Å²) >= 11 is 0. The summed E-state index contributed by atoms with van der Waals surface area (Å²) in [5.74, 6) is -5.58. The number of esters is 1. The SMILES string of the molecule is C[N-]CCN(CC(=O)CO)CC(=O)OC.Cc1cc(OCCCC(=O)NCCCOCCOCCOCCCNC(=O)[C@H](CS(=O)(=O)O)NC(O)CN(OCC(=O)O)C(C)C)cc(C)c1S(=O)(=O)NC(CNC(=O)c1cn(C)c2cc(CNc3ncc[nH]3)ccc2c1=O)C(=O)O.O.[Gd]. The summed E-state index contributed by atoms with van der Waals surface area (Å²) in [5, 5.41) is 56.3. The number of nitrogens with one attached hydrogen (secondary N) is 7. The summed E-state index contributed by atoms with van der Waals surface area (Å²) in [4.78, 5) is 110. The number of carboxylic acid groups (broad SMARTS) is 2. The first-order chi connectivity index (χ1) is 45.5. The number of ketones is 1. The van der Waals surface area contributed by atoms with Gasteiger partial charge < -0.3 is 85.7 Å². The van der Waals surface area contributed by atoms with Crippen molar-refractivity contribution in [3.63, 3.8) is 0 Å². The third kappa shape index (κ3) is 35.1. The number of benzene rings is 2. The number of carbonyl (C=O) groups is 7. The molecule has 0 aliphatic carbocycles. The van der Waals surface area contributed by atoms with E-state index in [0.29, 0.717) is 75.9 Å². The second-order valence-electron chi connectivity index (χ2n) is 21.7. The molecule has 2 heterocycles. The van der Waals surface area contributed by atoms with Crippen LogP contribution < -0.4 is 41.5 Å². The van der Waals surface area contributed by atoms with Gasteiger partial charge in [-0.3, -0.25) is 53.2 Å². The number of aliphatic hydroxyl groups is 2. The van der Waals surface area contributed by atoms with Crippen LogP contribution in [-0.2, 0) is 86.3 Å². The molecule has 14 N–H and O–H groups in total. The number of Topliss-reactive ketones (excluding diaryl/α,β-unsaturated/α-hetero) is 1. The van der Waals surface area contributed by atoms with Gasteiger partial charge in [0.2, 0.25) is 27.3 Å². The van der Waals surface area contributed by atoms with Gasteiger partial charge in [-0.15, -0.1) is 6.54 Å². The van der Waals surface area contributed by atoms with Gasteiger partial charge in [-0.1, -0.05) is 6.07 Å². The van der Waals surface area contributed by atoms with Crippen LogP contribution in [0.25, 0.3) is 16.2 Å². The number of likely N-dealkylation sites (N-methyl/N-ethyl adjacent to an activating group) is 1. The van der Waals surface area contributed by atoms with Crippen LogP contribution in [0.5, 0.6) is 5.75 Å². The Labute approximate surface area is 600 Å². The average molecular weight is 1580 g/mol. The van der Waals surface area contributed by atoms with E-state index in [1.807, 2.05) is 0 Å². The molecule has 98 heavy (non-hydrogen) atoms. The Balaban J connectivity index is 0.00000250. The molecule has 0 aliphatic rings. The van der Waals surface area contributed by atoms with Crippen LogP contribution in [-0.4, -0.2) is 269 Å². The van der Waals surface area contributed by atoms with E-state index in [-0.39, 0.29) is 156 Å². The number of aliphatic hydroxyl groups excluding tert-OH is 2. The van der Waals surface area contributed by atoms with Crippen LogP contribution >= 0.6 is 0 Å². The van der Waals surface area contributed by atoms with E-state index < -0.39 is 99.1 Å². The molecule has 0 saturated heterocycles. The van der Waals surface area contributed by atoms with Crippen molar-refractivity contribution in [1.82, 2.24) is 50.5 Å². The molecule has 0 fully saturated rings. The molecular weight excluding hydrogens is 1480 g/mol. The normalized spacial score (nSPS) is 12.3. The molecule has 2 aromatic heterocycles. The number of aromatic amines is 1. The number of carbonyl (C=O) groups excluding carboxylic acids is 5. The maximum atomic E-state index is 13.6. The van der Waals surface area contributed by atoms with Crippen molar-refractivity contribution >= 4 is 78.4 Å². The third-order valence-electron chi connectivity index (χ3n) is 13.5. The number of amides is 3. The molecule has 554 valence electrons. The largest absolute Gasteiger partial charge is 0.664 e. The summed E-state index contributed by atoms with van der Waals surface area (Å²) in [5.41, 5.74) is 1.04. The van der Waals surface area contributed by atoms with E-state index in [1.54, 1.807) is 68.0 Å². The number of aromatic nitrogens is 3. The second kappa shape index (κ2) is 47.7. The van der Waals surface area contributed by atoms with Crippen molar-refractivity contribution in [2.75, 3.05) is 137 Å². The predicted molar refractivity (Wildman–Crippen MR) is 351 cm³/mol. The van der Waals surface area contributed by atoms with Gasteiger partial charge in [-0.05, 0) is 94.5 Å². The topological polar surface area (TPSA) is 519 Å². The minimum atomic E-state index is -4.63. The first-order valence-corrected chi connectivity index (χ1v) is 33.5. The van der Waals surface area contributed by atoms with Gasteiger partial charge in [0.1, 0.15) is 36.2 Å². The summed E-state index contributed by atoms with van der Waals surface area (Å²) in [6.07, 6.45) is 4.47. The van der Waals surface area contributed by atoms with E-state index in [2.05, 4.69) is 51.3 Å². The van der Waals surface area contributed by atoms with E-state index in [4.69, 9.17) is 34.0 Å². The van der Waals surface area contributed by atoms with Gasteiger partial charge in [-0.2, -0.15) is 25.3 Å². The minimum absolute atomic E-state index is 0. The number of carboxylic acids is 2. The zero-order valence-corrected chi connectivity index (χ0v) is 59.6. The number of anilines is 1. The Kier molecular flexibility index (Phi) is 43.6. The van der Waals surface area contributed by atoms with Gasteiger partial charge in [0.25, 0.3) is 16.0 Å². The number of nitrogens with zero attached hydrogens (tertiary/aromatic N) is 5. The van der Waals surface area contributed by atoms with E-state index in [0.717, 1.165) is 10.6 Å². The summed E-state index contributed by atoms with van der Waals surface area (Å²) in [6.45, 7) is 7.97. The molecule has 0 aliphatic heterocycles. The van der Waals surface area contributed by atoms with E-state index in [1.165, 1.54) is 39.3 Å². The Bertz CT molecular complexity index is 3380. The fourth-order valence-corrected chi connectivity index (χ4v) is 11.2. The number of H-pyrrole nitrogens is 1. The van der Waals surface area contributed by atoms with Crippen LogP contribution in [0.1, 0.15) is 66.6 Å². The van der Waals surface area contributed by atoms with E-state index in [9.17, 15) is 70.0 Å². The quantitative estimate of drug-likeness (QED) is 0.00746. The number of aryl methyl sites for hydroxylation is 3. The van der Waals surface area contributed by atoms with Crippen molar-refractivity contribution < 1.29 is 149 Å². The van der Waals surface area contributed by atoms with Crippen LogP contribution in [0.2, 0.25) is 0 Å². The minimum Gasteiger partial charge on any atom is -0.664 e. The molecule has 0 saturated carbocycles. The van der Waals surface area contributed by atoms with Crippen molar-refractivity contribution in [1.29, 1.82) is 0 Å². The Morgan fingerprint density at radius 2 is 1.48 bits per heavy atom. The van der Waals surface area contributed by atoms with Crippen molar-refractivity contribution in [2.24, 2.45) is 7.05 Å². The Hall–Kier alpha value is -6.35. The van der Waals surface area contributed by atoms with Crippen LogP contribution in [0, 0.1) is 53.8 Å². The molecule has 39 heteroatoms. The van der Waals surface area contributed by atoms with Crippen molar-refractivity contribution in [3.8, 4) is 5.75 Å². The fraction of sp³-hybridized carbons (Fsp3) is 0.576. The summed E-state index contributed by atoms with van der Waals surface area (Å²) in [6, 6.07) is 4.34. The van der Waals surface area contributed by atoms with Crippen molar-refractivity contribution in [3.05, 3.63) is 86.7 Å². The zero-order valence-electron chi connectivity index (χ0n) is 55.7. The molecule has 2 aromatic carbocycles. The first kappa shape index (κ1) is 89.7. The number of pyridine rings is 1. The maximum Gasteiger partial charge on any atom is 0.331 e. The number of aliphatic carboxylic acids is 2. The number of hydroxylamine groups is 2. The molecule has 0 spiro atoms. The third-order valence-corrected chi connectivity index (χ3v) is 16.0. The number of hydrogen-bond acceptors (Lipinski definition) is 25. The zero-order chi connectivity index (χ0) is 71.4. The maximum absolute atomic E-state index is 13.6. The number of fused-ring (bicyclic) bond motifs is 1. The monoisotopic (exact) mass is 1580 g/mol. The molecule has 2 unspecified atom stereocenters. The molecule has 4 rings (SSSR count). The number of ether oxygens (including phenoxy) is 5. The Morgan fingerprint density at radius 1 is 0.847 bits per heavy atom. The molecular formula is C59H93GdN12O24S2-. The van der Waals surface area contributed by atoms with Crippen LogP contribution in [0.4, 0.5) is 5.95 Å². The predicted octanol–water partition coefficient (Wildman–Crippen LogP) is -2.03. The van der Waals surface area contributed by atoms with E-state index >= 15 is 0 Å². The van der Waals surface area contributed by atoms with Crippen molar-refractivity contribution in [2.45, 2.75) is 89.2 Å². The van der Waals surface area contributed by atoms with Gasteiger partial charge >= 0.3 is 17.9 Å². The van der Waals surface area contributed by atoms with Gasteiger partial charge in [-0.25, -0.2) is 18.2 Å². The average Bonchev–Trinajstić information content (AvgIpc) is 0.928. The molecule has 3 atom stereocenters. The van der Waals surface area contributed by atoms with Crippen LogP contribution in [0.3, 0.4) is 0 Å². The molecule has 0 radical (unpaired) electrons. The second-order valence-corrected chi connectivity index (χ2v) is 24.9. The molecule has 3 amide bonds. The molecule has 36 nitrogen and oxygen atoms in total. The van der Waals surface area contributed by atoms with Gasteiger partial charge in [0, 0.05) is 123 Å². The number of sulfonamides is 1. The number of hydrogen-bond donors (Lipinski definition) is 12. The smallest absolute Gasteiger partial charge is 0.331 e. The van der Waals surface area contributed by atoms with Crippen LogP contribution in [0.15, 0.2) is 58.6 Å². The number of methoxy groups -OCH3 is 1. The number of imidazole rings is 1. The first-order valence-electron chi connectivity index (χ1n) is 30.4. The molecule has 0 bridgehead atoms. The molecule has 4 aromatic rings. The van der Waals surface area contributed by atoms with Gasteiger partial charge in [0.05, 0.1) is 75.9 Å².